The first-order valence-electron chi connectivity index (χ1n) is 5.83. The van der Waals surface area contributed by atoms with Gasteiger partial charge in [-0.15, -0.1) is 0 Å². The molecular weight excluding hydrogens is 178 g/mol. The lowest BCUT2D eigenvalue weighted by Crippen LogP contribution is -2.36. The average molecular weight is 199 g/mol. The molecule has 2 unspecified atom stereocenters. The van der Waals surface area contributed by atoms with E-state index in [4.69, 9.17) is 9.84 Å². The quantitative estimate of drug-likeness (QED) is 0.716. The Kier molecular flexibility index (Phi) is 3.79. The first-order valence-corrected chi connectivity index (χ1v) is 5.83. The monoisotopic (exact) mass is 199 g/mol. The zero-order chi connectivity index (χ0) is 9.80. The van der Waals surface area contributed by atoms with Gasteiger partial charge in [-0.25, -0.2) is 0 Å². The minimum absolute atomic E-state index is 0.370. The van der Waals surface area contributed by atoms with Gasteiger partial charge in [0.2, 0.25) is 0 Å². The molecule has 2 fully saturated rings. The van der Waals surface area contributed by atoms with Crippen LogP contribution in [0.25, 0.3) is 0 Å². The van der Waals surface area contributed by atoms with Gasteiger partial charge in [-0.1, -0.05) is 0 Å². The Morgan fingerprint density at radius 3 is 2.86 bits per heavy atom. The summed E-state index contributed by atoms with van der Waals surface area (Å²) in [5.41, 5.74) is 0. The van der Waals surface area contributed by atoms with Gasteiger partial charge >= 0.3 is 0 Å². The number of hydrogen-bond donors (Lipinski definition) is 1. The minimum Gasteiger partial charge on any atom is -0.396 e. The standard InChI is InChI=1S/C11H21NO2/c13-8-10-2-1-5-12(6-3-10)11-4-7-14-9-11/h10-11,13H,1-9H2. The Labute approximate surface area is 86.0 Å². The topological polar surface area (TPSA) is 32.7 Å². The fourth-order valence-electron chi connectivity index (χ4n) is 2.55. The molecule has 14 heavy (non-hydrogen) atoms. The molecule has 2 aliphatic heterocycles. The summed E-state index contributed by atoms with van der Waals surface area (Å²) >= 11 is 0. The number of nitrogens with zero attached hydrogens (tertiary/aromatic N) is 1. The smallest absolute Gasteiger partial charge is 0.0622 e. The van der Waals surface area contributed by atoms with E-state index in [1.54, 1.807) is 0 Å². The molecule has 0 radical (unpaired) electrons. The number of hydrogen-bond acceptors (Lipinski definition) is 3. The van der Waals surface area contributed by atoms with Crippen LogP contribution in [-0.4, -0.2) is 49.0 Å². The van der Waals surface area contributed by atoms with Gasteiger partial charge in [-0.3, -0.25) is 4.90 Å². The molecule has 2 rings (SSSR count). The van der Waals surface area contributed by atoms with E-state index in [2.05, 4.69) is 4.90 Å². The third kappa shape index (κ3) is 2.47. The van der Waals surface area contributed by atoms with Gasteiger partial charge in [0, 0.05) is 19.3 Å². The summed E-state index contributed by atoms with van der Waals surface area (Å²) in [5.74, 6) is 0.544. The second-order valence-corrected chi connectivity index (χ2v) is 4.53. The largest absolute Gasteiger partial charge is 0.396 e. The molecule has 82 valence electrons. The maximum Gasteiger partial charge on any atom is 0.0622 e. The molecule has 0 bridgehead atoms. The van der Waals surface area contributed by atoms with E-state index in [0.29, 0.717) is 18.6 Å². The van der Waals surface area contributed by atoms with E-state index >= 15 is 0 Å². The normalized spacial score (nSPS) is 35.8. The van der Waals surface area contributed by atoms with E-state index in [-0.39, 0.29) is 0 Å². The van der Waals surface area contributed by atoms with Gasteiger partial charge in [0.1, 0.15) is 0 Å². The highest BCUT2D eigenvalue weighted by Gasteiger charge is 2.25. The fourth-order valence-corrected chi connectivity index (χ4v) is 2.55. The lowest BCUT2D eigenvalue weighted by atomic mass is 10.0. The van der Waals surface area contributed by atoms with Crippen molar-refractivity contribution in [3.05, 3.63) is 0 Å². The van der Waals surface area contributed by atoms with Crippen molar-refractivity contribution in [3.8, 4) is 0 Å². The first kappa shape index (κ1) is 10.4. The van der Waals surface area contributed by atoms with Crippen molar-refractivity contribution >= 4 is 0 Å². The summed E-state index contributed by atoms with van der Waals surface area (Å²) in [6.07, 6.45) is 4.79. The summed E-state index contributed by atoms with van der Waals surface area (Å²) in [4.78, 5) is 2.56. The molecule has 2 saturated heterocycles. The number of aliphatic hydroxyl groups is 1. The zero-order valence-corrected chi connectivity index (χ0v) is 8.82. The van der Waals surface area contributed by atoms with Crippen molar-refractivity contribution in [2.75, 3.05) is 32.9 Å². The van der Waals surface area contributed by atoms with Crippen LogP contribution in [0, 0.1) is 5.92 Å². The van der Waals surface area contributed by atoms with Crippen LogP contribution in [0.3, 0.4) is 0 Å². The molecule has 1 N–H and O–H groups in total. The molecule has 0 aromatic carbocycles. The van der Waals surface area contributed by atoms with Crippen LogP contribution in [0.15, 0.2) is 0 Å². The van der Waals surface area contributed by atoms with Crippen LogP contribution in [-0.2, 0) is 4.74 Å². The summed E-state index contributed by atoms with van der Waals surface area (Å²) < 4.78 is 5.41. The van der Waals surface area contributed by atoms with Crippen LogP contribution >= 0.6 is 0 Å². The molecule has 3 heteroatoms. The van der Waals surface area contributed by atoms with Crippen LogP contribution in [0.2, 0.25) is 0 Å². The van der Waals surface area contributed by atoms with Crippen molar-refractivity contribution in [2.45, 2.75) is 31.7 Å². The van der Waals surface area contributed by atoms with Gasteiger partial charge in [0.25, 0.3) is 0 Å². The Morgan fingerprint density at radius 2 is 2.14 bits per heavy atom. The van der Waals surface area contributed by atoms with Crippen LogP contribution < -0.4 is 0 Å². The van der Waals surface area contributed by atoms with Crippen molar-refractivity contribution < 1.29 is 9.84 Å². The summed E-state index contributed by atoms with van der Waals surface area (Å²) in [6, 6.07) is 0.660. The predicted octanol–water partition coefficient (Wildman–Crippen LogP) is 0.870. The van der Waals surface area contributed by atoms with Gasteiger partial charge in [0.05, 0.1) is 6.61 Å². The van der Waals surface area contributed by atoms with Crippen molar-refractivity contribution in [3.63, 3.8) is 0 Å². The van der Waals surface area contributed by atoms with Crippen molar-refractivity contribution in [1.82, 2.24) is 4.90 Å². The highest BCUT2D eigenvalue weighted by molar-refractivity contribution is 4.78. The van der Waals surface area contributed by atoms with Crippen LogP contribution in [0.4, 0.5) is 0 Å². The summed E-state index contributed by atoms with van der Waals surface area (Å²) in [6.45, 7) is 4.58. The zero-order valence-electron chi connectivity index (χ0n) is 8.82. The molecule has 3 nitrogen and oxygen atoms in total. The van der Waals surface area contributed by atoms with E-state index in [1.165, 1.54) is 25.8 Å². The van der Waals surface area contributed by atoms with Gasteiger partial charge < -0.3 is 9.84 Å². The molecule has 0 aromatic heterocycles. The summed E-state index contributed by atoms with van der Waals surface area (Å²) in [7, 11) is 0. The Bertz CT molecular complexity index is 169. The number of likely N-dealkylation sites (tertiary alicyclic amines) is 1. The lowest BCUT2D eigenvalue weighted by Gasteiger charge is -2.25. The lowest BCUT2D eigenvalue weighted by molar-refractivity contribution is 0.143. The number of rotatable bonds is 2. The highest BCUT2D eigenvalue weighted by Crippen LogP contribution is 2.21. The van der Waals surface area contributed by atoms with Gasteiger partial charge in [0.15, 0.2) is 0 Å². The van der Waals surface area contributed by atoms with E-state index in [0.717, 1.165) is 26.2 Å². The van der Waals surface area contributed by atoms with Gasteiger partial charge in [-0.2, -0.15) is 0 Å². The average Bonchev–Trinajstić information content (AvgIpc) is 2.63. The van der Waals surface area contributed by atoms with Crippen LogP contribution in [0.1, 0.15) is 25.7 Å². The predicted molar refractivity (Wildman–Crippen MR) is 55.2 cm³/mol. The molecular formula is C11H21NO2. The third-order valence-corrected chi connectivity index (χ3v) is 3.56. The molecule has 0 saturated carbocycles. The maximum atomic E-state index is 9.12. The van der Waals surface area contributed by atoms with E-state index < -0.39 is 0 Å². The molecule has 0 spiro atoms. The van der Waals surface area contributed by atoms with E-state index in [9.17, 15) is 0 Å². The minimum atomic E-state index is 0.370. The molecule has 0 aliphatic carbocycles. The van der Waals surface area contributed by atoms with Gasteiger partial charge in [-0.05, 0) is 44.7 Å². The second-order valence-electron chi connectivity index (χ2n) is 4.53. The Balaban J connectivity index is 1.82. The highest BCUT2D eigenvalue weighted by atomic mass is 16.5. The number of ether oxygens (including phenoxy) is 1. The molecule has 0 amide bonds. The maximum absolute atomic E-state index is 9.12. The summed E-state index contributed by atoms with van der Waals surface area (Å²) in [5, 5.41) is 9.12. The van der Waals surface area contributed by atoms with Crippen molar-refractivity contribution in [2.24, 2.45) is 5.92 Å². The fraction of sp³-hybridized carbons (Fsp3) is 1.00. The SMILES string of the molecule is OCC1CCCN(C2CCOC2)CC1. The molecule has 0 aromatic rings. The molecule has 2 atom stereocenters. The third-order valence-electron chi connectivity index (χ3n) is 3.56. The Morgan fingerprint density at radius 1 is 1.21 bits per heavy atom. The molecule has 2 heterocycles. The van der Waals surface area contributed by atoms with Crippen LogP contribution in [0.5, 0.6) is 0 Å². The second kappa shape index (κ2) is 5.10. The molecule has 2 aliphatic rings. The van der Waals surface area contributed by atoms with E-state index in [1.807, 2.05) is 0 Å². The van der Waals surface area contributed by atoms with Crippen molar-refractivity contribution in [1.29, 1.82) is 0 Å². The number of aliphatic hydroxyl groups excluding tert-OH is 1. The first-order chi connectivity index (χ1) is 6.90. The Hall–Kier alpha value is -0.120.